The van der Waals surface area contributed by atoms with Gasteiger partial charge in [0.05, 0.1) is 6.20 Å². The minimum absolute atomic E-state index is 0.456. The van der Waals surface area contributed by atoms with E-state index in [0.717, 1.165) is 16.7 Å². The van der Waals surface area contributed by atoms with E-state index in [2.05, 4.69) is 16.8 Å². The van der Waals surface area contributed by atoms with Crippen LogP contribution in [-0.4, -0.2) is 10.2 Å². The van der Waals surface area contributed by atoms with E-state index in [1.165, 1.54) is 0 Å². The van der Waals surface area contributed by atoms with Crippen LogP contribution >= 0.6 is 0 Å². The van der Waals surface area contributed by atoms with Crippen molar-refractivity contribution in [2.75, 3.05) is 5.73 Å². The fraction of sp³-hybridized carbons (Fsp3) is 0.200. The fourth-order valence-electron chi connectivity index (χ4n) is 0.946. The lowest BCUT2D eigenvalue weighted by Crippen LogP contribution is -1.98. The van der Waals surface area contributed by atoms with Crippen LogP contribution in [0.3, 0.4) is 0 Å². The van der Waals surface area contributed by atoms with E-state index in [1.54, 1.807) is 6.20 Å². The number of hydrogen-bond donors (Lipinski definition) is 1. The standard InChI is InChI=1S/C10H13N3/c1-7(2)4-5-9-8(3)6-12-13-10(9)11/h4-6H,1H2,2-3H3,(H2,11,13)/b5-4-. The van der Waals surface area contributed by atoms with E-state index in [-0.39, 0.29) is 0 Å². The highest BCUT2D eigenvalue weighted by atomic mass is 15.1. The average molecular weight is 175 g/mol. The van der Waals surface area contributed by atoms with Crippen molar-refractivity contribution in [2.45, 2.75) is 13.8 Å². The Kier molecular flexibility index (Phi) is 2.80. The van der Waals surface area contributed by atoms with Crippen LogP contribution in [0.5, 0.6) is 0 Å². The second-order valence-electron chi connectivity index (χ2n) is 3.01. The van der Waals surface area contributed by atoms with Gasteiger partial charge in [-0.05, 0) is 19.4 Å². The molecular weight excluding hydrogens is 162 g/mol. The zero-order valence-corrected chi connectivity index (χ0v) is 7.91. The normalized spacial score (nSPS) is 10.6. The minimum atomic E-state index is 0.456. The number of aryl methyl sites for hydroxylation is 1. The van der Waals surface area contributed by atoms with E-state index < -0.39 is 0 Å². The van der Waals surface area contributed by atoms with E-state index in [1.807, 2.05) is 26.0 Å². The van der Waals surface area contributed by atoms with Crippen LogP contribution in [-0.2, 0) is 0 Å². The number of anilines is 1. The van der Waals surface area contributed by atoms with Crippen LogP contribution in [0.4, 0.5) is 5.82 Å². The van der Waals surface area contributed by atoms with Crippen LogP contribution in [0.15, 0.2) is 24.4 Å². The lowest BCUT2D eigenvalue weighted by molar-refractivity contribution is 1.02. The average Bonchev–Trinajstić information content (AvgIpc) is 2.03. The van der Waals surface area contributed by atoms with Crippen LogP contribution in [0.1, 0.15) is 18.1 Å². The van der Waals surface area contributed by atoms with Crippen molar-refractivity contribution >= 4 is 11.9 Å². The Morgan fingerprint density at radius 2 is 2.31 bits per heavy atom. The summed E-state index contributed by atoms with van der Waals surface area (Å²) in [7, 11) is 0. The van der Waals surface area contributed by atoms with Gasteiger partial charge in [0.1, 0.15) is 0 Å². The highest BCUT2D eigenvalue weighted by Gasteiger charge is 1.99. The molecule has 0 aliphatic rings. The van der Waals surface area contributed by atoms with Gasteiger partial charge in [-0.15, -0.1) is 5.10 Å². The number of hydrogen-bond acceptors (Lipinski definition) is 3. The molecule has 2 N–H and O–H groups in total. The molecule has 3 heteroatoms. The molecule has 0 spiro atoms. The smallest absolute Gasteiger partial charge is 0.153 e. The lowest BCUT2D eigenvalue weighted by atomic mass is 10.1. The molecule has 1 heterocycles. The zero-order valence-electron chi connectivity index (χ0n) is 7.91. The summed E-state index contributed by atoms with van der Waals surface area (Å²) in [5.74, 6) is 0.456. The highest BCUT2D eigenvalue weighted by Crippen LogP contribution is 2.14. The highest BCUT2D eigenvalue weighted by molar-refractivity contribution is 5.64. The number of aromatic nitrogens is 2. The first-order valence-electron chi connectivity index (χ1n) is 4.02. The van der Waals surface area contributed by atoms with Gasteiger partial charge in [-0.2, -0.15) is 5.10 Å². The summed E-state index contributed by atoms with van der Waals surface area (Å²) in [6.45, 7) is 7.64. The molecule has 0 unspecified atom stereocenters. The summed E-state index contributed by atoms with van der Waals surface area (Å²) in [5.41, 5.74) is 8.57. The molecule has 68 valence electrons. The van der Waals surface area contributed by atoms with Crippen LogP contribution < -0.4 is 5.73 Å². The summed E-state index contributed by atoms with van der Waals surface area (Å²) in [6, 6.07) is 0. The fourth-order valence-corrected chi connectivity index (χ4v) is 0.946. The maximum atomic E-state index is 5.65. The number of nitrogens with zero attached hydrogens (tertiary/aromatic N) is 2. The van der Waals surface area contributed by atoms with Gasteiger partial charge in [0.2, 0.25) is 0 Å². The Labute approximate surface area is 78.0 Å². The van der Waals surface area contributed by atoms with E-state index in [4.69, 9.17) is 5.73 Å². The Morgan fingerprint density at radius 3 is 2.85 bits per heavy atom. The van der Waals surface area contributed by atoms with E-state index in [9.17, 15) is 0 Å². The van der Waals surface area contributed by atoms with Crippen LogP contribution in [0.25, 0.3) is 6.08 Å². The van der Waals surface area contributed by atoms with Gasteiger partial charge in [-0.3, -0.25) is 0 Å². The summed E-state index contributed by atoms with van der Waals surface area (Å²) >= 11 is 0. The van der Waals surface area contributed by atoms with Crippen molar-refractivity contribution in [3.63, 3.8) is 0 Å². The van der Waals surface area contributed by atoms with Crippen molar-refractivity contribution in [3.05, 3.63) is 35.6 Å². The van der Waals surface area contributed by atoms with Gasteiger partial charge >= 0.3 is 0 Å². The van der Waals surface area contributed by atoms with Gasteiger partial charge in [0.25, 0.3) is 0 Å². The molecule has 0 aliphatic carbocycles. The third kappa shape index (κ3) is 2.40. The van der Waals surface area contributed by atoms with Crippen molar-refractivity contribution < 1.29 is 0 Å². The molecule has 1 aromatic rings. The molecule has 0 saturated heterocycles. The van der Waals surface area contributed by atoms with Gasteiger partial charge in [-0.1, -0.05) is 24.3 Å². The van der Waals surface area contributed by atoms with Gasteiger partial charge in [-0.25, -0.2) is 0 Å². The predicted molar refractivity (Wildman–Crippen MR) is 55.0 cm³/mol. The first-order valence-corrected chi connectivity index (χ1v) is 4.02. The molecule has 0 aromatic carbocycles. The molecule has 13 heavy (non-hydrogen) atoms. The van der Waals surface area contributed by atoms with Gasteiger partial charge in [0.15, 0.2) is 5.82 Å². The lowest BCUT2D eigenvalue weighted by Gasteiger charge is -2.01. The zero-order chi connectivity index (χ0) is 9.84. The van der Waals surface area contributed by atoms with E-state index in [0.29, 0.717) is 5.82 Å². The third-order valence-corrected chi connectivity index (χ3v) is 1.65. The Bertz CT molecular complexity index is 333. The first kappa shape index (κ1) is 9.45. The molecule has 3 nitrogen and oxygen atoms in total. The predicted octanol–water partition coefficient (Wildman–Crippen LogP) is 1.96. The molecule has 1 rings (SSSR count). The molecule has 1 aromatic heterocycles. The molecule has 0 fully saturated rings. The maximum Gasteiger partial charge on any atom is 0.153 e. The Balaban J connectivity index is 3.06. The van der Waals surface area contributed by atoms with Crippen molar-refractivity contribution in [2.24, 2.45) is 0 Å². The van der Waals surface area contributed by atoms with Crippen molar-refractivity contribution in [1.82, 2.24) is 10.2 Å². The number of nitrogens with two attached hydrogens (primary N) is 1. The summed E-state index contributed by atoms with van der Waals surface area (Å²) in [4.78, 5) is 0. The molecular formula is C10H13N3. The number of rotatable bonds is 2. The monoisotopic (exact) mass is 175 g/mol. The minimum Gasteiger partial charge on any atom is -0.382 e. The summed E-state index contributed by atoms with van der Waals surface area (Å²) in [6.07, 6.45) is 5.50. The third-order valence-electron chi connectivity index (χ3n) is 1.65. The molecule has 0 bridgehead atoms. The SMILES string of the molecule is C=C(C)/C=C\c1c(C)cnnc1N. The molecule has 0 aliphatic heterocycles. The quantitative estimate of drug-likeness (QED) is 0.699. The molecule has 0 saturated carbocycles. The molecule has 0 amide bonds. The topological polar surface area (TPSA) is 51.8 Å². The van der Waals surface area contributed by atoms with Crippen molar-refractivity contribution in [1.29, 1.82) is 0 Å². The first-order chi connectivity index (χ1) is 6.11. The summed E-state index contributed by atoms with van der Waals surface area (Å²) in [5, 5.41) is 7.51. The molecule has 0 atom stereocenters. The van der Waals surface area contributed by atoms with Crippen molar-refractivity contribution in [3.8, 4) is 0 Å². The Hall–Kier alpha value is -1.64. The van der Waals surface area contributed by atoms with E-state index >= 15 is 0 Å². The van der Waals surface area contributed by atoms with Crippen LogP contribution in [0, 0.1) is 6.92 Å². The Morgan fingerprint density at radius 1 is 1.62 bits per heavy atom. The number of nitrogen functional groups attached to an aromatic ring is 1. The van der Waals surface area contributed by atoms with Crippen LogP contribution in [0.2, 0.25) is 0 Å². The van der Waals surface area contributed by atoms with Gasteiger partial charge < -0.3 is 5.73 Å². The second kappa shape index (κ2) is 3.85. The number of allylic oxidation sites excluding steroid dienone is 2. The largest absolute Gasteiger partial charge is 0.382 e. The molecule has 0 radical (unpaired) electrons. The maximum absolute atomic E-state index is 5.65. The second-order valence-corrected chi connectivity index (χ2v) is 3.01. The summed E-state index contributed by atoms with van der Waals surface area (Å²) < 4.78 is 0. The van der Waals surface area contributed by atoms with Gasteiger partial charge in [0, 0.05) is 5.56 Å².